The molecule has 0 aliphatic heterocycles. The average Bonchev–Trinajstić information content (AvgIpc) is 3.09. The number of rotatable bonds is 6. The molecule has 2 aromatic heterocycles. The number of hydrogen-bond acceptors (Lipinski definition) is 4. The second-order valence-corrected chi connectivity index (χ2v) is 6.35. The SMILES string of the molecule is Cc1ccc(CN(C)C(=O)CN(C)C(C)c2cccs2)o1. The minimum absolute atomic E-state index is 0.0926. The molecule has 0 fully saturated rings. The third-order valence-corrected chi connectivity index (χ3v) is 4.66. The first-order valence-electron chi connectivity index (χ1n) is 7.00. The highest BCUT2D eigenvalue weighted by Crippen LogP contribution is 2.23. The quantitative estimate of drug-likeness (QED) is 0.821. The Hall–Kier alpha value is -1.59. The van der Waals surface area contributed by atoms with Crippen molar-refractivity contribution in [1.82, 2.24) is 9.80 Å². The van der Waals surface area contributed by atoms with Gasteiger partial charge in [-0.2, -0.15) is 0 Å². The minimum atomic E-state index is 0.0926. The van der Waals surface area contributed by atoms with Crippen molar-refractivity contribution in [1.29, 1.82) is 0 Å². The van der Waals surface area contributed by atoms with Gasteiger partial charge in [0.2, 0.25) is 5.91 Å². The third-order valence-electron chi connectivity index (χ3n) is 3.62. The Morgan fingerprint density at radius 3 is 2.67 bits per heavy atom. The molecule has 2 heterocycles. The summed E-state index contributed by atoms with van der Waals surface area (Å²) >= 11 is 1.72. The molecule has 0 aromatic carbocycles. The van der Waals surface area contributed by atoms with Crippen molar-refractivity contribution < 1.29 is 9.21 Å². The highest BCUT2D eigenvalue weighted by Gasteiger charge is 2.18. The summed E-state index contributed by atoms with van der Waals surface area (Å²) in [4.78, 5) is 17.3. The summed E-state index contributed by atoms with van der Waals surface area (Å²) < 4.78 is 5.51. The van der Waals surface area contributed by atoms with Gasteiger partial charge in [0, 0.05) is 18.0 Å². The van der Waals surface area contributed by atoms with E-state index in [9.17, 15) is 4.79 Å². The van der Waals surface area contributed by atoms with Crippen LogP contribution in [0.25, 0.3) is 0 Å². The molecule has 1 amide bonds. The number of hydrogen-bond donors (Lipinski definition) is 0. The van der Waals surface area contributed by atoms with E-state index in [1.165, 1.54) is 4.88 Å². The van der Waals surface area contributed by atoms with Crippen molar-refractivity contribution in [2.75, 3.05) is 20.6 Å². The highest BCUT2D eigenvalue weighted by molar-refractivity contribution is 7.10. The van der Waals surface area contributed by atoms with Gasteiger partial charge in [0.05, 0.1) is 13.1 Å². The van der Waals surface area contributed by atoms with Gasteiger partial charge in [0.25, 0.3) is 0 Å². The number of amides is 1. The molecule has 114 valence electrons. The second kappa shape index (κ2) is 6.91. The first-order valence-corrected chi connectivity index (χ1v) is 7.88. The Balaban J connectivity index is 1.88. The van der Waals surface area contributed by atoms with E-state index in [1.54, 1.807) is 16.2 Å². The maximum atomic E-state index is 12.3. The first-order chi connectivity index (χ1) is 9.97. The summed E-state index contributed by atoms with van der Waals surface area (Å²) in [5.74, 6) is 1.78. The summed E-state index contributed by atoms with van der Waals surface area (Å²) in [5, 5.41) is 2.06. The fraction of sp³-hybridized carbons (Fsp3) is 0.438. The lowest BCUT2D eigenvalue weighted by atomic mass is 10.2. The third kappa shape index (κ3) is 4.19. The second-order valence-electron chi connectivity index (χ2n) is 5.37. The zero-order chi connectivity index (χ0) is 15.4. The number of likely N-dealkylation sites (N-methyl/N-ethyl adjacent to an activating group) is 2. The summed E-state index contributed by atoms with van der Waals surface area (Å²) in [6.45, 7) is 4.93. The molecule has 2 aromatic rings. The largest absolute Gasteiger partial charge is 0.464 e. The molecule has 21 heavy (non-hydrogen) atoms. The molecule has 0 aliphatic rings. The zero-order valence-corrected chi connectivity index (χ0v) is 13.8. The number of nitrogens with zero attached hydrogens (tertiary/aromatic N) is 2. The standard InChI is InChI=1S/C16H22N2O2S/c1-12-7-8-14(20-12)10-18(4)16(19)11-17(3)13(2)15-6-5-9-21-15/h5-9,13H,10-11H2,1-4H3. The Morgan fingerprint density at radius 2 is 2.10 bits per heavy atom. The minimum Gasteiger partial charge on any atom is -0.464 e. The van der Waals surface area contributed by atoms with Crippen LogP contribution in [-0.4, -0.2) is 36.3 Å². The van der Waals surface area contributed by atoms with E-state index in [1.807, 2.05) is 39.2 Å². The van der Waals surface area contributed by atoms with E-state index in [0.29, 0.717) is 13.1 Å². The van der Waals surface area contributed by atoms with Gasteiger partial charge in [-0.25, -0.2) is 0 Å². The lowest BCUT2D eigenvalue weighted by molar-refractivity contribution is -0.132. The lowest BCUT2D eigenvalue weighted by Gasteiger charge is -2.25. The van der Waals surface area contributed by atoms with Crippen LogP contribution in [0.4, 0.5) is 0 Å². The molecule has 0 spiro atoms. The molecule has 4 nitrogen and oxygen atoms in total. The van der Waals surface area contributed by atoms with Crippen LogP contribution in [0.3, 0.4) is 0 Å². The van der Waals surface area contributed by atoms with E-state index >= 15 is 0 Å². The summed E-state index contributed by atoms with van der Waals surface area (Å²) in [6, 6.07) is 8.21. The molecule has 0 aliphatic carbocycles. The Labute approximate surface area is 130 Å². The van der Waals surface area contributed by atoms with Gasteiger partial charge >= 0.3 is 0 Å². The summed E-state index contributed by atoms with van der Waals surface area (Å²) in [5.41, 5.74) is 0. The van der Waals surface area contributed by atoms with Crippen LogP contribution in [0.1, 0.15) is 29.4 Å². The van der Waals surface area contributed by atoms with Gasteiger partial charge in [-0.3, -0.25) is 9.69 Å². The summed E-state index contributed by atoms with van der Waals surface area (Å²) in [7, 11) is 3.79. The van der Waals surface area contributed by atoms with E-state index in [2.05, 4.69) is 23.3 Å². The van der Waals surface area contributed by atoms with Crippen LogP contribution in [0, 0.1) is 6.92 Å². The normalized spacial score (nSPS) is 12.6. The first kappa shape index (κ1) is 15.8. The molecule has 1 unspecified atom stereocenters. The molecular formula is C16H22N2O2S. The molecule has 2 rings (SSSR count). The van der Waals surface area contributed by atoms with Crippen LogP contribution in [-0.2, 0) is 11.3 Å². The number of carbonyl (C=O) groups is 1. The van der Waals surface area contributed by atoms with Gasteiger partial charge in [-0.05, 0) is 44.5 Å². The molecule has 0 saturated carbocycles. The van der Waals surface area contributed by atoms with E-state index < -0.39 is 0 Å². The van der Waals surface area contributed by atoms with Crippen molar-refractivity contribution >= 4 is 17.2 Å². The van der Waals surface area contributed by atoms with Gasteiger partial charge in [0.1, 0.15) is 11.5 Å². The summed E-state index contributed by atoms with van der Waals surface area (Å²) in [6.07, 6.45) is 0. The maximum absolute atomic E-state index is 12.3. The fourth-order valence-electron chi connectivity index (χ4n) is 2.11. The number of aryl methyl sites for hydroxylation is 1. The molecular weight excluding hydrogens is 284 g/mol. The average molecular weight is 306 g/mol. The van der Waals surface area contributed by atoms with Gasteiger partial charge in [0.15, 0.2) is 0 Å². The van der Waals surface area contributed by atoms with Gasteiger partial charge < -0.3 is 9.32 Å². The zero-order valence-electron chi connectivity index (χ0n) is 13.0. The van der Waals surface area contributed by atoms with Crippen LogP contribution in [0.2, 0.25) is 0 Å². The maximum Gasteiger partial charge on any atom is 0.236 e. The van der Waals surface area contributed by atoms with E-state index in [-0.39, 0.29) is 11.9 Å². The molecule has 0 saturated heterocycles. The van der Waals surface area contributed by atoms with Crippen LogP contribution in [0.5, 0.6) is 0 Å². The van der Waals surface area contributed by atoms with Crippen LogP contribution >= 0.6 is 11.3 Å². The van der Waals surface area contributed by atoms with Crippen molar-refractivity contribution in [2.24, 2.45) is 0 Å². The van der Waals surface area contributed by atoms with Crippen molar-refractivity contribution in [3.05, 3.63) is 46.0 Å². The van der Waals surface area contributed by atoms with Crippen molar-refractivity contribution in [2.45, 2.75) is 26.4 Å². The number of furan rings is 1. The molecule has 1 atom stereocenters. The Morgan fingerprint density at radius 1 is 1.33 bits per heavy atom. The predicted octanol–water partition coefficient (Wildman–Crippen LogP) is 3.30. The van der Waals surface area contributed by atoms with Crippen LogP contribution in [0.15, 0.2) is 34.1 Å². The van der Waals surface area contributed by atoms with Crippen molar-refractivity contribution in [3.8, 4) is 0 Å². The monoisotopic (exact) mass is 306 g/mol. The topological polar surface area (TPSA) is 36.7 Å². The van der Waals surface area contributed by atoms with Gasteiger partial charge in [-0.15, -0.1) is 11.3 Å². The molecule has 5 heteroatoms. The number of thiophene rings is 1. The lowest BCUT2D eigenvalue weighted by Crippen LogP contribution is -2.37. The fourth-order valence-corrected chi connectivity index (χ4v) is 2.96. The van der Waals surface area contributed by atoms with Gasteiger partial charge in [-0.1, -0.05) is 6.07 Å². The highest BCUT2D eigenvalue weighted by atomic mass is 32.1. The smallest absolute Gasteiger partial charge is 0.236 e. The van der Waals surface area contributed by atoms with Crippen molar-refractivity contribution in [3.63, 3.8) is 0 Å². The van der Waals surface area contributed by atoms with E-state index in [4.69, 9.17) is 4.42 Å². The Bertz CT molecular complexity index is 577. The van der Waals surface area contributed by atoms with Crippen LogP contribution < -0.4 is 0 Å². The Kier molecular flexibility index (Phi) is 5.20. The molecule has 0 N–H and O–H groups in total. The molecule has 0 bridgehead atoms. The molecule has 0 radical (unpaired) electrons. The predicted molar refractivity (Wildman–Crippen MR) is 85.3 cm³/mol. The number of carbonyl (C=O) groups excluding carboxylic acids is 1. The van der Waals surface area contributed by atoms with E-state index in [0.717, 1.165) is 11.5 Å².